The van der Waals surface area contributed by atoms with Gasteiger partial charge >= 0.3 is 0 Å². The lowest BCUT2D eigenvalue weighted by molar-refractivity contribution is 0.631. The molecule has 0 aliphatic carbocycles. The third-order valence-corrected chi connectivity index (χ3v) is 3.06. The lowest BCUT2D eigenvalue weighted by Crippen LogP contribution is -2.19. The summed E-state index contributed by atoms with van der Waals surface area (Å²) in [5.41, 5.74) is 4.44. The van der Waals surface area contributed by atoms with Crippen molar-refractivity contribution in [1.29, 1.82) is 0 Å². The van der Waals surface area contributed by atoms with Crippen LogP contribution in [0.15, 0.2) is 36.4 Å². The Hall–Kier alpha value is -1.94. The zero-order valence-corrected chi connectivity index (χ0v) is 12.6. The smallest absolute Gasteiger partial charge is 0.175 e. The highest BCUT2D eigenvalue weighted by Gasteiger charge is 2.05. The van der Waals surface area contributed by atoms with E-state index in [1.165, 1.54) is 6.07 Å². The Bertz CT molecular complexity index is 633. The number of nitrogens with one attached hydrogen (secondary N) is 2. The molecule has 0 aliphatic rings. The molecule has 2 nitrogen and oxygen atoms in total. The maximum absolute atomic E-state index is 13.7. The second kappa shape index (κ2) is 6.01. The van der Waals surface area contributed by atoms with Gasteiger partial charge in [-0.05, 0) is 73.9 Å². The van der Waals surface area contributed by atoms with Crippen molar-refractivity contribution < 1.29 is 4.39 Å². The van der Waals surface area contributed by atoms with E-state index in [-0.39, 0.29) is 5.82 Å². The van der Waals surface area contributed by atoms with Gasteiger partial charge < -0.3 is 10.6 Å². The van der Waals surface area contributed by atoms with Crippen LogP contribution in [0.1, 0.15) is 16.7 Å². The van der Waals surface area contributed by atoms with Crippen LogP contribution in [0.3, 0.4) is 0 Å². The van der Waals surface area contributed by atoms with Crippen molar-refractivity contribution in [2.45, 2.75) is 20.8 Å². The summed E-state index contributed by atoms with van der Waals surface area (Å²) < 4.78 is 13.7. The Morgan fingerprint density at radius 1 is 0.900 bits per heavy atom. The molecule has 0 spiro atoms. The van der Waals surface area contributed by atoms with Gasteiger partial charge in [-0.2, -0.15) is 0 Å². The molecule has 0 saturated carbocycles. The van der Waals surface area contributed by atoms with Crippen molar-refractivity contribution in [3.8, 4) is 0 Å². The van der Waals surface area contributed by atoms with Crippen LogP contribution in [0.25, 0.3) is 0 Å². The van der Waals surface area contributed by atoms with E-state index in [4.69, 9.17) is 12.2 Å². The summed E-state index contributed by atoms with van der Waals surface area (Å²) in [5.74, 6) is -0.311. The van der Waals surface area contributed by atoms with E-state index in [0.717, 1.165) is 22.4 Å². The fourth-order valence-electron chi connectivity index (χ4n) is 2.05. The topological polar surface area (TPSA) is 24.1 Å². The Labute approximate surface area is 124 Å². The third-order valence-electron chi connectivity index (χ3n) is 2.85. The summed E-state index contributed by atoms with van der Waals surface area (Å²) in [6.07, 6.45) is 0. The van der Waals surface area contributed by atoms with Crippen LogP contribution in [0.2, 0.25) is 0 Å². The highest BCUT2D eigenvalue weighted by molar-refractivity contribution is 7.80. The van der Waals surface area contributed by atoms with Crippen molar-refractivity contribution in [3.63, 3.8) is 0 Å². The van der Waals surface area contributed by atoms with E-state index < -0.39 is 0 Å². The van der Waals surface area contributed by atoms with Crippen LogP contribution >= 0.6 is 12.2 Å². The lowest BCUT2D eigenvalue weighted by Gasteiger charge is -2.12. The van der Waals surface area contributed by atoms with Gasteiger partial charge in [0.05, 0.1) is 5.69 Å². The van der Waals surface area contributed by atoms with Crippen LogP contribution in [-0.4, -0.2) is 5.11 Å². The second-order valence-electron chi connectivity index (χ2n) is 4.94. The number of anilines is 2. The largest absolute Gasteiger partial charge is 0.332 e. The number of thiocarbonyl (C=S) groups is 1. The van der Waals surface area contributed by atoms with Crippen molar-refractivity contribution in [3.05, 3.63) is 58.9 Å². The standard InChI is InChI=1S/C16H17FN2S/c1-10-4-5-15(14(17)9-10)19-16(20)18-13-7-11(2)6-12(3)8-13/h4-9H,1-3H3,(H2,18,19,20). The van der Waals surface area contributed by atoms with Gasteiger partial charge in [-0.25, -0.2) is 4.39 Å². The summed E-state index contributed by atoms with van der Waals surface area (Å²) in [5, 5.41) is 6.31. The predicted molar refractivity (Wildman–Crippen MR) is 86.9 cm³/mol. The Kier molecular flexibility index (Phi) is 4.35. The molecule has 0 bridgehead atoms. The molecule has 0 aliphatic heterocycles. The SMILES string of the molecule is Cc1cc(C)cc(NC(=S)Nc2ccc(C)cc2F)c1. The normalized spacial score (nSPS) is 10.2. The van der Waals surface area contributed by atoms with E-state index in [1.807, 2.05) is 39.0 Å². The van der Waals surface area contributed by atoms with Crippen LogP contribution in [0, 0.1) is 26.6 Å². The summed E-state index contributed by atoms with van der Waals surface area (Å²) in [4.78, 5) is 0. The Morgan fingerprint density at radius 2 is 1.55 bits per heavy atom. The molecule has 2 rings (SSSR count). The van der Waals surface area contributed by atoms with Gasteiger partial charge in [0.2, 0.25) is 0 Å². The summed E-state index contributed by atoms with van der Waals surface area (Å²) in [6.45, 7) is 5.89. The minimum absolute atomic E-state index is 0.311. The van der Waals surface area contributed by atoms with Crippen LogP contribution < -0.4 is 10.6 Å². The molecule has 0 amide bonds. The zero-order valence-electron chi connectivity index (χ0n) is 11.8. The molecular weight excluding hydrogens is 271 g/mol. The monoisotopic (exact) mass is 288 g/mol. The average Bonchev–Trinajstić information content (AvgIpc) is 2.31. The zero-order chi connectivity index (χ0) is 14.7. The van der Waals surface area contributed by atoms with Gasteiger partial charge in [0, 0.05) is 5.69 Å². The first-order valence-corrected chi connectivity index (χ1v) is 6.77. The van der Waals surface area contributed by atoms with Gasteiger partial charge in [-0.1, -0.05) is 12.1 Å². The summed E-state index contributed by atoms with van der Waals surface area (Å²) >= 11 is 5.21. The molecule has 0 fully saturated rings. The average molecular weight is 288 g/mol. The van der Waals surface area contributed by atoms with Crippen LogP contribution in [-0.2, 0) is 0 Å². The first-order chi connectivity index (χ1) is 9.44. The second-order valence-corrected chi connectivity index (χ2v) is 5.35. The minimum atomic E-state index is -0.311. The number of benzene rings is 2. The van der Waals surface area contributed by atoms with E-state index in [1.54, 1.807) is 6.07 Å². The van der Waals surface area contributed by atoms with Gasteiger partial charge in [0.1, 0.15) is 5.82 Å². The summed E-state index contributed by atoms with van der Waals surface area (Å²) in [6, 6.07) is 11.1. The highest BCUT2D eigenvalue weighted by atomic mass is 32.1. The molecule has 2 aromatic carbocycles. The first kappa shape index (κ1) is 14.5. The van der Waals surface area contributed by atoms with Gasteiger partial charge in [0.15, 0.2) is 5.11 Å². The van der Waals surface area contributed by atoms with Gasteiger partial charge in [-0.15, -0.1) is 0 Å². The molecule has 2 aromatic rings. The van der Waals surface area contributed by atoms with E-state index in [2.05, 4.69) is 16.7 Å². The third kappa shape index (κ3) is 3.78. The number of aryl methyl sites for hydroxylation is 3. The Balaban J connectivity index is 2.09. The fourth-order valence-corrected chi connectivity index (χ4v) is 2.28. The molecule has 0 atom stereocenters. The molecule has 0 unspecified atom stereocenters. The van der Waals surface area contributed by atoms with Crippen LogP contribution in [0.5, 0.6) is 0 Å². The fraction of sp³-hybridized carbons (Fsp3) is 0.188. The first-order valence-electron chi connectivity index (χ1n) is 6.36. The summed E-state index contributed by atoms with van der Waals surface area (Å²) in [7, 11) is 0. The molecule has 0 aromatic heterocycles. The van der Waals surface area contributed by atoms with Crippen molar-refractivity contribution in [2.75, 3.05) is 10.6 Å². The van der Waals surface area contributed by atoms with E-state index >= 15 is 0 Å². The number of hydrogen-bond donors (Lipinski definition) is 2. The predicted octanol–water partition coefficient (Wildman–Crippen LogP) is 4.56. The molecular formula is C16H17FN2S. The number of hydrogen-bond acceptors (Lipinski definition) is 1. The van der Waals surface area contributed by atoms with E-state index in [9.17, 15) is 4.39 Å². The molecule has 20 heavy (non-hydrogen) atoms. The lowest BCUT2D eigenvalue weighted by atomic mass is 10.1. The molecule has 104 valence electrons. The number of halogens is 1. The molecule has 0 radical (unpaired) electrons. The highest BCUT2D eigenvalue weighted by Crippen LogP contribution is 2.17. The molecule has 0 saturated heterocycles. The quantitative estimate of drug-likeness (QED) is 0.792. The van der Waals surface area contributed by atoms with Gasteiger partial charge in [0.25, 0.3) is 0 Å². The molecule has 2 N–H and O–H groups in total. The maximum atomic E-state index is 13.7. The minimum Gasteiger partial charge on any atom is -0.332 e. The van der Waals surface area contributed by atoms with Crippen molar-refractivity contribution in [2.24, 2.45) is 0 Å². The maximum Gasteiger partial charge on any atom is 0.175 e. The van der Waals surface area contributed by atoms with Crippen molar-refractivity contribution in [1.82, 2.24) is 0 Å². The van der Waals surface area contributed by atoms with Crippen molar-refractivity contribution >= 4 is 28.7 Å². The van der Waals surface area contributed by atoms with Crippen LogP contribution in [0.4, 0.5) is 15.8 Å². The Morgan fingerprint density at radius 3 is 2.15 bits per heavy atom. The van der Waals surface area contributed by atoms with Gasteiger partial charge in [-0.3, -0.25) is 0 Å². The number of rotatable bonds is 2. The molecule has 0 heterocycles. The van der Waals surface area contributed by atoms with E-state index in [0.29, 0.717) is 10.8 Å². The molecule has 4 heteroatoms.